The largest absolute Gasteiger partial charge is 0.326 e. The van der Waals surface area contributed by atoms with Crippen LogP contribution in [0.3, 0.4) is 0 Å². The summed E-state index contributed by atoms with van der Waals surface area (Å²) in [5.41, 5.74) is 3.69. The Balaban J connectivity index is 1.59. The van der Waals surface area contributed by atoms with E-state index >= 15 is 0 Å². The first-order chi connectivity index (χ1) is 11.1. The number of benzene rings is 2. The van der Waals surface area contributed by atoms with E-state index in [4.69, 9.17) is 11.6 Å². The Morgan fingerprint density at radius 2 is 2.04 bits per heavy atom. The summed E-state index contributed by atoms with van der Waals surface area (Å²) < 4.78 is 0. The maximum Gasteiger partial charge on any atom is 0.224 e. The molecule has 0 radical (unpaired) electrons. The van der Waals surface area contributed by atoms with E-state index in [1.165, 1.54) is 0 Å². The normalized spacial score (nSPS) is 13.2. The number of hydrogen-bond acceptors (Lipinski definition) is 2. The Morgan fingerprint density at radius 1 is 1.17 bits per heavy atom. The average Bonchev–Trinajstić information content (AvgIpc) is 2.53. The van der Waals surface area contributed by atoms with Gasteiger partial charge >= 0.3 is 0 Å². The van der Waals surface area contributed by atoms with Gasteiger partial charge in [0.25, 0.3) is 0 Å². The topological polar surface area (TPSA) is 58.2 Å². The highest BCUT2D eigenvalue weighted by Gasteiger charge is 2.15. The third-order valence-corrected chi connectivity index (χ3v) is 4.05. The third kappa shape index (κ3) is 4.11. The molecule has 23 heavy (non-hydrogen) atoms. The number of nitrogens with one attached hydrogen (secondary N) is 2. The van der Waals surface area contributed by atoms with Crippen molar-refractivity contribution in [1.82, 2.24) is 0 Å². The van der Waals surface area contributed by atoms with Gasteiger partial charge in [-0.2, -0.15) is 0 Å². The Morgan fingerprint density at radius 3 is 2.87 bits per heavy atom. The molecule has 0 bridgehead atoms. The van der Waals surface area contributed by atoms with Crippen LogP contribution in [-0.4, -0.2) is 11.8 Å². The summed E-state index contributed by atoms with van der Waals surface area (Å²) in [4.78, 5) is 23.4. The lowest BCUT2D eigenvalue weighted by Crippen LogP contribution is -2.19. The Labute approximate surface area is 139 Å². The minimum atomic E-state index is -0.0372. The lowest BCUT2D eigenvalue weighted by molar-refractivity contribution is -0.117. The Hall–Kier alpha value is -2.33. The summed E-state index contributed by atoms with van der Waals surface area (Å²) >= 11 is 5.94. The monoisotopic (exact) mass is 328 g/mol. The fourth-order valence-electron chi connectivity index (χ4n) is 2.63. The summed E-state index contributed by atoms with van der Waals surface area (Å²) in [7, 11) is 0. The number of halogens is 1. The van der Waals surface area contributed by atoms with Crippen LogP contribution in [0.15, 0.2) is 42.5 Å². The van der Waals surface area contributed by atoms with Crippen molar-refractivity contribution < 1.29 is 9.59 Å². The molecule has 1 heterocycles. The van der Waals surface area contributed by atoms with Gasteiger partial charge in [0.15, 0.2) is 0 Å². The molecule has 3 rings (SSSR count). The Kier molecular flexibility index (Phi) is 4.63. The van der Waals surface area contributed by atoms with Crippen LogP contribution in [0.1, 0.15) is 24.0 Å². The zero-order chi connectivity index (χ0) is 16.2. The molecule has 0 fully saturated rings. The van der Waals surface area contributed by atoms with Crippen LogP contribution < -0.4 is 10.6 Å². The first-order valence-electron chi connectivity index (χ1n) is 7.57. The van der Waals surface area contributed by atoms with Gasteiger partial charge in [-0.3, -0.25) is 9.59 Å². The van der Waals surface area contributed by atoms with Crippen molar-refractivity contribution in [3.63, 3.8) is 0 Å². The van der Waals surface area contributed by atoms with E-state index < -0.39 is 0 Å². The zero-order valence-electron chi connectivity index (χ0n) is 12.6. The van der Waals surface area contributed by atoms with Crippen molar-refractivity contribution in [3.8, 4) is 0 Å². The molecule has 0 spiro atoms. The molecule has 0 aliphatic carbocycles. The van der Waals surface area contributed by atoms with Gasteiger partial charge in [0.1, 0.15) is 0 Å². The maximum absolute atomic E-state index is 12.1. The van der Waals surface area contributed by atoms with Crippen molar-refractivity contribution in [3.05, 3.63) is 58.6 Å². The fraction of sp³-hybridized carbons (Fsp3) is 0.222. The van der Waals surface area contributed by atoms with Gasteiger partial charge in [-0.1, -0.05) is 23.7 Å². The van der Waals surface area contributed by atoms with Crippen LogP contribution in [0, 0.1) is 0 Å². The van der Waals surface area contributed by atoms with Crippen LogP contribution in [-0.2, 0) is 22.4 Å². The van der Waals surface area contributed by atoms with Crippen LogP contribution in [0.25, 0.3) is 0 Å². The maximum atomic E-state index is 12.1. The quantitative estimate of drug-likeness (QED) is 0.897. The van der Waals surface area contributed by atoms with Gasteiger partial charge in [-0.15, -0.1) is 0 Å². The van der Waals surface area contributed by atoms with E-state index in [-0.39, 0.29) is 11.8 Å². The van der Waals surface area contributed by atoms with E-state index in [9.17, 15) is 9.59 Å². The van der Waals surface area contributed by atoms with E-state index in [1.807, 2.05) is 42.5 Å². The molecule has 0 saturated heterocycles. The van der Waals surface area contributed by atoms with E-state index in [0.717, 1.165) is 22.5 Å². The molecular weight excluding hydrogens is 312 g/mol. The number of hydrogen-bond donors (Lipinski definition) is 2. The number of aryl methyl sites for hydroxylation is 2. The smallest absolute Gasteiger partial charge is 0.224 e. The Bertz CT molecular complexity index is 758. The predicted molar refractivity (Wildman–Crippen MR) is 91.8 cm³/mol. The first-order valence-corrected chi connectivity index (χ1v) is 7.95. The van der Waals surface area contributed by atoms with Gasteiger partial charge in [-0.25, -0.2) is 0 Å². The molecule has 2 aromatic rings. The second-order valence-corrected chi connectivity index (χ2v) is 6.03. The third-order valence-electron chi connectivity index (χ3n) is 3.81. The van der Waals surface area contributed by atoms with E-state index in [0.29, 0.717) is 30.7 Å². The fourth-order valence-corrected chi connectivity index (χ4v) is 2.85. The average molecular weight is 329 g/mol. The number of anilines is 2. The van der Waals surface area contributed by atoms with Crippen LogP contribution >= 0.6 is 11.6 Å². The standard InChI is InChI=1S/C18H17ClN2O2/c19-14-3-1-2-12(10-14)4-8-17(22)20-15-6-7-16-13(11-15)5-9-18(23)21-16/h1-3,6-7,10-11H,4-5,8-9H2,(H,20,22)(H,21,23). The molecule has 2 N–H and O–H groups in total. The molecule has 0 atom stereocenters. The van der Waals surface area contributed by atoms with Gasteiger partial charge < -0.3 is 10.6 Å². The second kappa shape index (κ2) is 6.84. The second-order valence-electron chi connectivity index (χ2n) is 5.60. The predicted octanol–water partition coefficient (Wildman–Crippen LogP) is 3.80. The highest BCUT2D eigenvalue weighted by molar-refractivity contribution is 6.30. The molecular formula is C18H17ClN2O2. The van der Waals surface area contributed by atoms with Crippen LogP contribution in [0.4, 0.5) is 11.4 Å². The minimum absolute atomic E-state index is 0.0372. The molecule has 0 aromatic heterocycles. The van der Waals surface area contributed by atoms with Gasteiger partial charge in [0, 0.05) is 29.2 Å². The highest BCUT2D eigenvalue weighted by Crippen LogP contribution is 2.25. The van der Waals surface area contributed by atoms with Crippen molar-refractivity contribution in [2.45, 2.75) is 25.7 Å². The highest BCUT2D eigenvalue weighted by atomic mass is 35.5. The van der Waals surface area contributed by atoms with Crippen LogP contribution in [0.5, 0.6) is 0 Å². The lowest BCUT2D eigenvalue weighted by atomic mass is 10.0. The number of rotatable bonds is 4. The molecule has 2 amide bonds. The van der Waals surface area contributed by atoms with Crippen LogP contribution in [0.2, 0.25) is 5.02 Å². The number of amides is 2. The summed E-state index contributed by atoms with van der Waals surface area (Å²) in [5.74, 6) is 0.000535. The lowest BCUT2D eigenvalue weighted by Gasteiger charge is -2.17. The van der Waals surface area contributed by atoms with Crippen molar-refractivity contribution in [2.75, 3.05) is 10.6 Å². The van der Waals surface area contributed by atoms with Gasteiger partial charge in [0.2, 0.25) is 11.8 Å². The number of fused-ring (bicyclic) bond motifs is 1. The van der Waals surface area contributed by atoms with E-state index in [2.05, 4.69) is 10.6 Å². The molecule has 1 aliphatic heterocycles. The molecule has 1 aliphatic rings. The summed E-state index contributed by atoms with van der Waals surface area (Å²) in [6, 6.07) is 13.1. The van der Waals surface area contributed by atoms with Crippen molar-refractivity contribution in [1.29, 1.82) is 0 Å². The van der Waals surface area contributed by atoms with Gasteiger partial charge in [-0.05, 0) is 54.3 Å². The molecule has 2 aromatic carbocycles. The molecule has 0 saturated carbocycles. The van der Waals surface area contributed by atoms with Crippen molar-refractivity contribution >= 4 is 34.8 Å². The SMILES string of the molecule is O=C(CCc1cccc(Cl)c1)Nc1ccc2c(c1)CCC(=O)N2. The van der Waals surface area contributed by atoms with E-state index in [1.54, 1.807) is 0 Å². The molecule has 118 valence electrons. The van der Waals surface area contributed by atoms with Crippen molar-refractivity contribution in [2.24, 2.45) is 0 Å². The van der Waals surface area contributed by atoms with Gasteiger partial charge in [0.05, 0.1) is 0 Å². The molecule has 4 nitrogen and oxygen atoms in total. The number of carbonyl (C=O) groups is 2. The summed E-state index contributed by atoms with van der Waals surface area (Å²) in [6.07, 6.45) is 2.23. The first kappa shape index (κ1) is 15.6. The molecule has 0 unspecified atom stereocenters. The zero-order valence-corrected chi connectivity index (χ0v) is 13.3. The minimum Gasteiger partial charge on any atom is -0.326 e. The molecule has 5 heteroatoms. The summed E-state index contributed by atoms with van der Waals surface area (Å²) in [5, 5.41) is 6.41. The summed E-state index contributed by atoms with van der Waals surface area (Å²) in [6.45, 7) is 0. The number of carbonyl (C=O) groups excluding carboxylic acids is 2.